The first-order valence-corrected chi connectivity index (χ1v) is 6.03. The van der Waals surface area contributed by atoms with E-state index >= 15 is 0 Å². The van der Waals surface area contributed by atoms with Crippen LogP contribution in [0.15, 0.2) is 4.52 Å². The molecule has 0 amide bonds. The van der Waals surface area contributed by atoms with E-state index in [4.69, 9.17) is 10.3 Å². The molecule has 5 heteroatoms. The van der Waals surface area contributed by atoms with E-state index in [2.05, 4.69) is 22.0 Å². The van der Waals surface area contributed by atoms with E-state index in [1.807, 2.05) is 0 Å². The van der Waals surface area contributed by atoms with Crippen molar-refractivity contribution in [2.75, 3.05) is 13.1 Å². The van der Waals surface area contributed by atoms with Crippen LogP contribution in [0.5, 0.6) is 0 Å². The molecule has 0 radical (unpaired) electrons. The molecule has 5 nitrogen and oxygen atoms in total. The van der Waals surface area contributed by atoms with E-state index in [1.165, 1.54) is 12.8 Å². The quantitative estimate of drug-likeness (QED) is 0.816. The fourth-order valence-corrected chi connectivity index (χ4v) is 2.25. The van der Waals surface area contributed by atoms with Gasteiger partial charge in [0.1, 0.15) is 0 Å². The number of rotatable bonds is 3. The highest BCUT2D eigenvalue weighted by Gasteiger charge is 2.31. The number of hydrogen-bond acceptors (Lipinski definition) is 5. The monoisotopic (exact) mass is 222 g/mol. The summed E-state index contributed by atoms with van der Waals surface area (Å²) in [7, 11) is 0. The third kappa shape index (κ3) is 1.97. The van der Waals surface area contributed by atoms with E-state index in [0.717, 1.165) is 31.3 Å². The maximum absolute atomic E-state index is 5.98. The minimum absolute atomic E-state index is 0.287. The zero-order valence-electron chi connectivity index (χ0n) is 9.59. The predicted molar refractivity (Wildman–Crippen MR) is 58.7 cm³/mol. The van der Waals surface area contributed by atoms with Crippen LogP contribution >= 0.6 is 0 Å². The molecule has 1 aliphatic carbocycles. The van der Waals surface area contributed by atoms with Crippen LogP contribution in [0.1, 0.15) is 37.4 Å². The lowest BCUT2D eigenvalue weighted by Crippen LogP contribution is -2.28. The second kappa shape index (κ2) is 3.82. The number of nitrogens with two attached hydrogens (primary N) is 1. The molecule has 0 spiro atoms. The molecule has 1 aromatic heterocycles. The van der Waals surface area contributed by atoms with Crippen molar-refractivity contribution >= 4 is 0 Å². The third-order valence-corrected chi connectivity index (χ3v) is 3.52. The van der Waals surface area contributed by atoms with Gasteiger partial charge in [0.15, 0.2) is 5.82 Å². The molecule has 1 saturated heterocycles. The van der Waals surface area contributed by atoms with Gasteiger partial charge in [-0.2, -0.15) is 4.98 Å². The van der Waals surface area contributed by atoms with Crippen molar-refractivity contribution in [1.82, 2.24) is 15.0 Å². The van der Waals surface area contributed by atoms with Gasteiger partial charge in [0.25, 0.3) is 0 Å². The first-order chi connectivity index (χ1) is 7.72. The van der Waals surface area contributed by atoms with Gasteiger partial charge in [-0.05, 0) is 18.8 Å². The van der Waals surface area contributed by atoms with Gasteiger partial charge in [-0.1, -0.05) is 12.1 Å². The molecule has 2 heterocycles. The van der Waals surface area contributed by atoms with Gasteiger partial charge in [-0.15, -0.1) is 0 Å². The average Bonchev–Trinajstić information content (AvgIpc) is 2.92. The molecular weight excluding hydrogens is 204 g/mol. The van der Waals surface area contributed by atoms with E-state index in [-0.39, 0.29) is 6.04 Å². The smallest absolute Gasteiger partial charge is 0.229 e. The zero-order chi connectivity index (χ0) is 11.1. The predicted octanol–water partition coefficient (Wildman–Crippen LogP) is 0.726. The Kier molecular flexibility index (Phi) is 2.44. The van der Waals surface area contributed by atoms with Crippen LogP contribution in [-0.4, -0.2) is 34.2 Å². The minimum atomic E-state index is 0.287. The van der Waals surface area contributed by atoms with Gasteiger partial charge in [0.05, 0.1) is 6.54 Å². The number of aromatic nitrogens is 2. The summed E-state index contributed by atoms with van der Waals surface area (Å²) in [5, 5.41) is 4.02. The summed E-state index contributed by atoms with van der Waals surface area (Å²) >= 11 is 0. The molecule has 88 valence electrons. The molecule has 2 N–H and O–H groups in total. The van der Waals surface area contributed by atoms with Crippen molar-refractivity contribution in [1.29, 1.82) is 0 Å². The topological polar surface area (TPSA) is 68.2 Å². The van der Waals surface area contributed by atoms with Crippen molar-refractivity contribution < 1.29 is 4.52 Å². The van der Waals surface area contributed by atoms with E-state index in [1.54, 1.807) is 0 Å². The highest BCUT2D eigenvalue weighted by molar-refractivity contribution is 5.02. The van der Waals surface area contributed by atoms with E-state index < -0.39 is 0 Å². The van der Waals surface area contributed by atoms with Crippen LogP contribution in [-0.2, 0) is 6.54 Å². The van der Waals surface area contributed by atoms with Gasteiger partial charge in [0, 0.05) is 25.0 Å². The highest BCUT2D eigenvalue weighted by atomic mass is 16.5. The number of nitrogens with zero attached hydrogens (tertiary/aromatic N) is 3. The van der Waals surface area contributed by atoms with Crippen LogP contribution < -0.4 is 5.73 Å². The van der Waals surface area contributed by atoms with Crippen LogP contribution in [0.4, 0.5) is 0 Å². The molecule has 0 bridgehead atoms. The van der Waals surface area contributed by atoms with Crippen molar-refractivity contribution in [2.45, 2.75) is 38.3 Å². The molecule has 0 aromatic carbocycles. The van der Waals surface area contributed by atoms with Crippen LogP contribution in [0.2, 0.25) is 0 Å². The molecule has 1 saturated carbocycles. The summed E-state index contributed by atoms with van der Waals surface area (Å²) in [5.41, 5.74) is 5.98. The Balaban J connectivity index is 1.61. The Morgan fingerprint density at radius 1 is 1.44 bits per heavy atom. The summed E-state index contributed by atoms with van der Waals surface area (Å²) in [6.07, 6.45) is 2.40. The second-order valence-electron chi connectivity index (χ2n) is 5.16. The minimum Gasteiger partial charge on any atom is -0.339 e. The normalized spacial score (nSPS) is 31.1. The Morgan fingerprint density at radius 2 is 2.25 bits per heavy atom. The largest absolute Gasteiger partial charge is 0.339 e. The summed E-state index contributed by atoms with van der Waals surface area (Å²) in [6.45, 7) is 4.94. The van der Waals surface area contributed by atoms with Gasteiger partial charge < -0.3 is 10.3 Å². The molecular formula is C11H18N4O. The third-order valence-electron chi connectivity index (χ3n) is 3.52. The molecule has 16 heavy (non-hydrogen) atoms. The van der Waals surface area contributed by atoms with Crippen molar-refractivity contribution in [3.05, 3.63) is 11.7 Å². The Labute approximate surface area is 95.0 Å². The average molecular weight is 222 g/mol. The molecule has 1 aromatic rings. The Morgan fingerprint density at radius 3 is 2.88 bits per heavy atom. The van der Waals surface area contributed by atoms with Crippen molar-refractivity contribution in [2.24, 2.45) is 11.7 Å². The Bertz CT molecular complexity index is 364. The van der Waals surface area contributed by atoms with Gasteiger partial charge in [0.2, 0.25) is 5.89 Å². The van der Waals surface area contributed by atoms with Crippen molar-refractivity contribution in [3.63, 3.8) is 0 Å². The lowest BCUT2D eigenvalue weighted by molar-refractivity contribution is 0.300. The number of likely N-dealkylation sites (tertiary alicyclic amines) is 1. The lowest BCUT2D eigenvalue weighted by Gasteiger charge is -2.11. The molecule has 2 fully saturated rings. The molecule has 2 atom stereocenters. The summed E-state index contributed by atoms with van der Waals surface area (Å²) in [4.78, 5) is 6.73. The lowest BCUT2D eigenvalue weighted by atomic mass is 10.1. The Hall–Kier alpha value is -0.940. The summed E-state index contributed by atoms with van der Waals surface area (Å²) < 4.78 is 5.23. The molecule has 3 rings (SSSR count). The maximum Gasteiger partial charge on any atom is 0.229 e. The van der Waals surface area contributed by atoms with E-state index in [9.17, 15) is 0 Å². The van der Waals surface area contributed by atoms with Gasteiger partial charge in [-0.3, -0.25) is 4.90 Å². The number of hydrogen-bond donors (Lipinski definition) is 1. The standard InChI is InChI=1S/C11H18N4O/c1-7-4-15(5-9(7)12)6-10-13-11(16-14-10)8-2-3-8/h7-9H,2-6,12H2,1H3. The maximum atomic E-state index is 5.98. The first kappa shape index (κ1) is 10.2. The summed E-state index contributed by atoms with van der Waals surface area (Å²) in [5.74, 6) is 2.74. The SMILES string of the molecule is CC1CN(Cc2noc(C3CC3)n2)CC1N. The highest BCUT2D eigenvalue weighted by Crippen LogP contribution is 2.38. The van der Waals surface area contributed by atoms with Crippen LogP contribution in [0.25, 0.3) is 0 Å². The second-order valence-corrected chi connectivity index (χ2v) is 5.16. The fraction of sp³-hybridized carbons (Fsp3) is 0.818. The van der Waals surface area contributed by atoms with Gasteiger partial charge >= 0.3 is 0 Å². The van der Waals surface area contributed by atoms with Crippen molar-refractivity contribution in [3.8, 4) is 0 Å². The molecule has 1 aliphatic heterocycles. The fourth-order valence-electron chi connectivity index (χ4n) is 2.25. The first-order valence-electron chi connectivity index (χ1n) is 6.03. The van der Waals surface area contributed by atoms with Gasteiger partial charge in [-0.25, -0.2) is 0 Å². The molecule has 2 unspecified atom stereocenters. The zero-order valence-corrected chi connectivity index (χ0v) is 9.59. The molecule has 2 aliphatic rings. The van der Waals surface area contributed by atoms with Crippen LogP contribution in [0.3, 0.4) is 0 Å². The van der Waals surface area contributed by atoms with Crippen LogP contribution in [0, 0.1) is 5.92 Å². The summed E-state index contributed by atoms with van der Waals surface area (Å²) in [6, 6.07) is 0.287. The van der Waals surface area contributed by atoms with E-state index in [0.29, 0.717) is 11.8 Å².